The second-order valence-corrected chi connectivity index (χ2v) is 5.59. The number of phenolic OH excluding ortho intramolecular Hbond substituents is 1. The fourth-order valence-electron chi connectivity index (χ4n) is 2.73. The van der Waals surface area contributed by atoms with E-state index in [0.29, 0.717) is 11.6 Å². The Balaban J connectivity index is 1.83. The van der Waals surface area contributed by atoms with E-state index in [4.69, 9.17) is 17.3 Å². The maximum absolute atomic E-state index is 9.94. The van der Waals surface area contributed by atoms with Gasteiger partial charge < -0.3 is 10.8 Å². The molecule has 1 aliphatic rings. The predicted octanol–water partition coefficient (Wildman–Crippen LogP) is 3.19. The van der Waals surface area contributed by atoms with E-state index in [1.165, 1.54) is 11.1 Å². The third-order valence-electron chi connectivity index (χ3n) is 3.86. The average molecular weight is 289 g/mol. The molecule has 0 radical (unpaired) electrons. The topological polar surface area (TPSA) is 49.5 Å². The Morgan fingerprint density at radius 2 is 2.00 bits per heavy atom. The van der Waals surface area contributed by atoms with E-state index < -0.39 is 0 Å². The van der Waals surface area contributed by atoms with Crippen LogP contribution in [0.3, 0.4) is 0 Å². The second kappa shape index (κ2) is 5.35. The smallest absolute Gasteiger partial charge is 0.121 e. The summed E-state index contributed by atoms with van der Waals surface area (Å²) in [4.78, 5) is 2.26. The average Bonchev–Trinajstić information content (AvgIpc) is 2.44. The van der Waals surface area contributed by atoms with E-state index in [1.54, 1.807) is 12.1 Å². The van der Waals surface area contributed by atoms with Crippen molar-refractivity contribution in [2.75, 3.05) is 12.3 Å². The third kappa shape index (κ3) is 2.47. The number of halogens is 1. The minimum absolute atomic E-state index is 0.254. The summed E-state index contributed by atoms with van der Waals surface area (Å²) in [6, 6.07) is 11.3. The van der Waals surface area contributed by atoms with Gasteiger partial charge in [0.05, 0.1) is 0 Å². The molecule has 0 aliphatic carbocycles. The largest absolute Gasteiger partial charge is 0.508 e. The van der Waals surface area contributed by atoms with Gasteiger partial charge >= 0.3 is 0 Å². The molecule has 3 rings (SSSR count). The van der Waals surface area contributed by atoms with Gasteiger partial charge in [0.15, 0.2) is 0 Å². The number of nitrogens with zero attached hydrogens (tertiary/aromatic N) is 1. The number of hydrogen-bond acceptors (Lipinski definition) is 3. The number of hydrogen-bond donors (Lipinski definition) is 2. The Kier molecular flexibility index (Phi) is 3.55. The molecule has 0 saturated carbocycles. The molecular formula is C16H17ClN2O. The Bertz CT molecular complexity index is 622. The first-order valence-corrected chi connectivity index (χ1v) is 7.08. The van der Waals surface area contributed by atoms with Crippen LogP contribution in [0.5, 0.6) is 5.75 Å². The summed E-state index contributed by atoms with van der Waals surface area (Å²) in [7, 11) is 0. The van der Waals surface area contributed by atoms with Crippen LogP contribution < -0.4 is 5.73 Å². The van der Waals surface area contributed by atoms with Gasteiger partial charge in [-0.25, -0.2) is 0 Å². The number of rotatable bonds is 2. The highest BCUT2D eigenvalue weighted by Gasteiger charge is 2.19. The van der Waals surface area contributed by atoms with Crippen LogP contribution in [-0.4, -0.2) is 16.6 Å². The summed E-state index contributed by atoms with van der Waals surface area (Å²) < 4.78 is 0. The first kappa shape index (κ1) is 13.3. The zero-order chi connectivity index (χ0) is 14.1. The summed E-state index contributed by atoms with van der Waals surface area (Å²) in [6.07, 6.45) is 0.978. The van der Waals surface area contributed by atoms with Crippen LogP contribution in [0.2, 0.25) is 5.02 Å². The molecule has 3 N–H and O–H groups in total. The van der Waals surface area contributed by atoms with Crippen molar-refractivity contribution >= 4 is 17.3 Å². The quantitative estimate of drug-likeness (QED) is 0.835. The molecule has 3 nitrogen and oxygen atoms in total. The molecule has 2 aromatic carbocycles. The van der Waals surface area contributed by atoms with E-state index in [2.05, 4.69) is 11.0 Å². The molecule has 2 aromatic rings. The Hall–Kier alpha value is -1.71. The van der Waals surface area contributed by atoms with Gasteiger partial charge in [-0.2, -0.15) is 0 Å². The summed E-state index contributed by atoms with van der Waals surface area (Å²) >= 11 is 6.17. The van der Waals surface area contributed by atoms with Gasteiger partial charge in [-0.15, -0.1) is 0 Å². The van der Waals surface area contributed by atoms with Crippen LogP contribution in [0, 0.1) is 0 Å². The molecule has 0 bridgehead atoms. The lowest BCUT2D eigenvalue weighted by Crippen LogP contribution is -2.30. The number of fused-ring (bicyclic) bond motifs is 1. The van der Waals surface area contributed by atoms with Gasteiger partial charge in [-0.05, 0) is 35.7 Å². The lowest BCUT2D eigenvalue weighted by molar-refractivity contribution is 0.243. The van der Waals surface area contributed by atoms with Crippen LogP contribution in [0.15, 0.2) is 36.4 Å². The van der Waals surface area contributed by atoms with Gasteiger partial charge in [-0.1, -0.05) is 29.8 Å². The number of nitrogen functional groups attached to an aromatic ring is 1. The molecule has 20 heavy (non-hydrogen) atoms. The molecule has 4 heteroatoms. The first-order chi connectivity index (χ1) is 9.65. The van der Waals surface area contributed by atoms with Crippen molar-refractivity contribution in [1.29, 1.82) is 0 Å². The van der Waals surface area contributed by atoms with Gasteiger partial charge in [0.1, 0.15) is 5.75 Å². The lowest BCUT2D eigenvalue weighted by atomic mass is 9.97. The summed E-state index contributed by atoms with van der Waals surface area (Å²) in [5.41, 5.74) is 10.2. The van der Waals surface area contributed by atoms with Crippen molar-refractivity contribution in [2.24, 2.45) is 0 Å². The highest BCUT2D eigenvalue weighted by molar-refractivity contribution is 6.31. The molecule has 1 heterocycles. The van der Waals surface area contributed by atoms with Gasteiger partial charge in [0, 0.05) is 35.9 Å². The van der Waals surface area contributed by atoms with E-state index >= 15 is 0 Å². The summed E-state index contributed by atoms with van der Waals surface area (Å²) in [6.45, 7) is 2.38. The molecule has 104 valence electrons. The van der Waals surface area contributed by atoms with E-state index in [9.17, 15) is 5.11 Å². The van der Waals surface area contributed by atoms with E-state index in [0.717, 1.165) is 30.8 Å². The highest BCUT2D eigenvalue weighted by atomic mass is 35.5. The molecule has 0 atom stereocenters. The number of aromatic hydroxyl groups is 1. The Morgan fingerprint density at radius 3 is 2.80 bits per heavy atom. The fourth-order valence-corrected chi connectivity index (χ4v) is 2.95. The van der Waals surface area contributed by atoms with Crippen molar-refractivity contribution < 1.29 is 5.11 Å². The number of phenols is 1. The number of benzene rings is 2. The van der Waals surface area contributed by atoms with Gasteiger partial charge in [-0.3, -0.25) is 4.90 Å². The molecule has 0 fully saturated rings. The molecule has 0 saturated heterocycles. The molecule has 0 spiro atoms. The first-order valence-electron chi connectivity index (χ1n) is 6.70. The van der Waals surface area contributed by atoms with Crippen molar-refractivity contribution in [1.82, 2.24) is 4.90 Å². The van der Waals surface area contributed by atoms with Crippen LogP contribution in [-0.2, 0) is 19.5 Å². The van der Waals surface area contributed by atoms with Crippen molar-refractivity contribution in [3.63, 3.8) is 0 Å². The fraction of sp³-hybridized carbons (Fsp3) is 0.250. The highest BCUT2D eigenvalue weighted by Crippen LogP contribution is 2.30. The van der Waals surface area contributed by atoms with E-state index in [-0.39, 0.29) is 5.75 Å². The zero-order valence-electron chi connectivity index (χ0n) is 11.1. The standard InChI is InChI=1S/C16H17ClN2O/c17-14-4-2-6-16(20)13(14)10-19-8-7-11-3-1-5-15(18)12(11)9-19/h1-6,20H,7-10,18H2. The van der Waals surface area contributed by atoms with E-state index in [1.807, 2.05) is 18.2 Å². The minimum Gasteiger partial charge on any atom is -0.508 e. The Morgan fingerprint density at radius 1 is 1.20 bits per heavy atom. The lowest BCUT2D eigenvalue weighted by Gasteiger charge is -2.30. The zero-order valence-corrected chi connectivity index (χ0v) is 11.9. The molecule has 0 aromatic heterocycles. The van der Waals surface area contributed by atoms with Crippen molar-refractivity contribution in [2.45, 2.75) is 19.5 Å². The van der Waals surface area contributed by atoms with Gasteiger partial charge in [0.25, 0.3) is 0 Å². The van der Waals surface area contributed by atoms with Crippen molar-refractivity contribution in [3.05, 3.63) is 58.1 Å². The maximum atomic E-state index is 9.94. The summed E-state index contributed by atoms with van der Waals surface area (Å²) in [5, 5.41) is 10.5. The maximum Gasteiger partial charge on any atom is 0.121 e. The van der Waals surface area contributed by atoms with Crippen LogP contribution >= 0.6 is 11.6 Å². The SMILES string of the molecule is Nc1cccc2c1CN(Cc1c(O)cccc1Cl)CC2. The molecular weight excluding hydrogens is 272 g/mol. The molecule has 0 amide bonds. The van der Waals surface area contributed by atoms with Crippen LogP contribution in [0.4, 0.5) is 5.69 Å². The predicted molar refractivity (Wildman–Crippen MR) is 81.8 cm³/mol. The number of nitrogens with two attached hydrogens (primary N) is 1. The van der Waals surface area contributed by atoms with Crippen LogP contribution in [0.25, 0.3) is 0 Å². The molecule has 1 aliphatic heterocycles. The Labute approximate surface area is 123 Å². The number of anilines is 1. The van der Waals surface area contributed by atoms with Crippen LogP contribution in [0.1, 0.15) is 16.7 Å². The molecule has 0 unspecified atom stereocenters. The van der Waals surface area contributed by atoms with Gasteiger partial charge in [0.2, 0.25) is 0 Å². The summed E-state index contributed by atoms with van der Waals surface area (Å²) in [5.74, 6) is 0.254. The monoisotopic (exact) mass is 288 g/mol. The normalized spacial score (nSPS) is 15.1. The second-order valence-electron chi connectivity index (χ2n) is 5.18. The minimum atomic E-state index is 0.254. The third-order valence-corrected chi connectivity index (χ3v) is 4.22. The van der Waals surface area contributed by atoms with Crippen molar-refractivity contribution in [3.8, 4) is 5.75 Å².